The Bertz CT molecular complexity index is 468. The zero-order valence-corrected chi connectivity index (χ0v) is 13.9. The molecular formula is C19H30N2. The van der Waals surface area contributed by atoms with E-state index < -0.39 is 0 Å². The Balaban J connectivity index is 1.72. The van der Waals surface area contributed by atoms with E-state index in [0.717, 1.165) is 24.9 Å². The first-order valence-corrected chi connectivity index (χ1v) is 8.68. The van der Waals surface area contributed by atoms with Crippen LogP contribution in [0.2, 0.25) is 0 Å². The molecule has 0 aromatic heterocycles. The van der Waals surface area contributed by atoms with Gasteiger partial charge in [-0.25, -0.2) is 0 Å². The SMILES string of the molecule is Cc1ccc(N2CC3CCCC3C2)c(CNCC(C)C)c1. The van der Waals surface area contributed by atoms with Gasteiger partial charge in [-0.15, -0.1) is 0 Å². The van der Waals surface area contributed by atoms with Crippen LogP contribution in [0.15, 0.2) is 18.2 Å². The van der Waals surface area contributed by atoms with Gasteiger partial charge in [-0.05, 0) is 55.7 Å². The number of benzene rings is 1. The van der Waals surface area contributed by atoms with Crippen molar-refractivity contribution < 1.29 is 0 Å². The number of fused-ring (bicyclic) bond motifs is 1. The summed E-state index contributed by atoms with van der Waals surface area (Å²) >= 11 is 0. The molecule has 1 aliphatic heterocycles. The molecule has 2 heteroatoms. The highest BCUT2D eigenvalue weighted by Crippen LogP contribution is 2.40. The first kappa shape index (κ1) is 14.9. The minimum absolute atomic E-state index is 0.712. The summed E-state index contributed by atoms with van der Waals surface area (Å²) in [5.41, 5.74) is 4.33. The van der Waals surface area contributed by atoms with Crippen molar-refractivity contribution in [2.75, 3.05) is 24.5 Å². The molecule has 116 valence electrons. The number of anilines is 1. The van der Waals surface area contributed by atoms with Crippen LogP contribution in [0.25, 0.3) is 0 Å². The minimum atomic E-state index is 0.712. The van der Waals surface area contributed by atoms with E-state index >= 15 is 0 Å². The van der Waals surface area contributed by atoms with Gasteiger partial charge in [0.05, 0.1) is 0 Å². The molecule has 2 unspecified atom stereocenters. The largest absolute Gasteiger partial charge is 0.371 e. The van der Waals surface area contributed by atoms with Crippen LogP contribution in [0.1, 0.15) is 44.2 Å². The summed E-state index contributed by atoms with van der Waals surface area (Å²) in [6.07, 6.45) is 4.36. The predicted octanol–water partition coefficient (Wildman–Crippen LogP) is 3.98. The molecule has 1 aromatic carbocycles. The number of nitrogens with zero attached hydrogens (tertiary/aromatic N) is 1. The van der Waals surface area contributed by atoms with Crippen molar-refractivity contribution in [2.45, 2.75) is 46.6 Å². The molecule has 0 radical (unpaired) electrons. The van der Waals surface area contributed by atoms with E-state index in [4.69, 9.17) is 0 Å². The lowest BCUT2D eigenvalue weighted by atomic mass is 10.0. The van der Waals surface area contributed by atoms with Crippen LogP contribution in [0.3, 0.4) is 0 Å². The van der Waals surface area contributed by atoms with Crippen LogP contribution in [0.4, 0.5) is 5.69 Å². The summed E-state index contributed by atoms with van der Waals surface area (Å²) in [5.74, 6) is 2.63. The van der Waals surface area contributed by atoms with Crippen molar-refractivity contribution in [3.63, 3.8) is 0 Å². The maximum absolute atomic E-state index is 3.62. The second-order valence-corrected chi connectivity index (χ2v) is 7.51. The molecule has 2 aliphatic rings. The number of rotatable bonds is 5. The lowest BCUT2D eigenvalue weighted by molar-refractivity contribution is 0.494. The highest BCUT2D eigenvalue weighted by atomic mass is 15.2. The van der Waals surface area contributed by atoms with Gasteiger partial charge in [0.15, 0.2) is 0 Å². The highest BCUT2D eigenvalue weighted by Gasteiger charge is 2.36. The first-order valence-electron chi connectivity index (χ1n) is 8.68. The van der Waals surface area contributed by atoms with Crippen LogP contribution in [-0.2, 0) is 6.54 Å². The molecule has 3 rings (SSSR count). The van der Waals surface area contributed by atoms with E-state index in [9.17, 15) is 0 Å². The fourth-order valence-electron chi connectivity index (χ4n) is 4.09. The van der Waals surface area contributed by atoms with Gasteiger partial charge in [-0.3, -0.25) is 0 Å². The first-order chi connectivity index (χ1) is 10.1. The Morgan fingerprint density at radius 3 is 2.57 bits per heavy atom. The average molecular weight is 286 g/mol. The molecule has 1 N–H and O–H groups in total. The Hall–Kier alpha value is -1.02. The molecule has 1 heterocycles. The maximum atomic E-state index is 3.62. The molecule has 1 saturated heterocycles. The molecule has 0 spiro atoms. The van der Waals surface area contributed by atoms with E-state index in [0.29, 0.717) is 5.92 Å². The number of hydrogen-bond donors (Lipinski definition) is 1. The monoisotopic (exact) mass is 286 g/mol. The van der Waals surface area contributed by atoms with E-state index in [2.05, 4.69) is 49.2 Å². The van der Waals surface area contributed by atoms with E-state index in [-0.39, 0.29) is 0 Å². The topological polar surface area (TPSA) is 15.3 Å². The van der Waals surface area contributed by atoms with Crippen LogP contribution in [0, 0.1) is 24.7 Å². The van der Waals surface area contributed by atoms with Crippen molar-refractivity contribution in [1.82, 2.24) is 5.32 Å². The van der Waals surface area contributed by atoms with Gasteiger partial charge in [0.25, 0.3) is 0 Å². The van der Waals surface area contributed by atoms with Crippen molar-refractivity contribution in [1.29, 1.82) is 0 Å². The summed E-state index contributed by atoms with van der Waals surface area (Å²) in [5, 5.41) is 3.62. The highest BCUT2D eigenvalue weighted by molar-refractivity contribution is 5.56. The molecule has 2 nitrogen and oxygen atoms in total. The molecule has 0 amide bonds. The molecule has 1 saturated carbocycles. The van der Waals surface area contributed by atoms with Gasteiger partial charge in [0.1, 0.15) is 0 Å². The third kappa shape index (κ3) is 3.42. The molecule has 1 aromatic rings. The zero-order chi connectivity index (χ0) is 14.8. The van der Waals surface area contributed by atoms with Gasteiger partial charge < -0.3 is 10.2 Å². The Morgan fingerprint density at radius 1 is 1.19 bits per heavy atom. The number of aryl methyl sites for hydroxylation is 1. The third-order valence-electron chi connectivity index (χ3n) is 5.17. The van der Waals surface area contributed by atoms with Crippen LogP contribution >= 0.6 is 0 Å². The fourth-order valence-corrected chi connectivity index (χ4v) is 4.09. The van der Waals surface area contributed by atoms with Gasteiger partial charge in [-0.1, -0.05) is 38.0 Å². The van der Waals surface area contributed by atoms with Crippen LogP contribution < -0.4 is 10.2 Å². The summed E-state index contributed by atoms with van der Waals surface area (Å²) in [6, 6.07) is 6.99. The molecule has 2 atom stereocenters. The molecule has 1 aliphatic carbocycles. The number of hydrogen-bond acceptors (Lipinski definition) is 2. The summed E-state index contributed by atoms with van der Waals surface area (Å²) in [7, 11) is 0. The quantitative estimate of drug-likeness (QED) is 0.881. The maximum Gasteiger partial charge on any atom is 0.0412 e. The standard InChI is InChI=1S/C19H30N2/c1-14(2)10-20-11-18-9-15(3)7-8-19(18)21-12-16-5-4-6-17(16)13-21/h7-9,14,16-17,20H,4-6,10-13H2,1-3H3. The number of nitrogens with one attached hydrogen (secondary N) is 1. The van der Waals surface area contributed by atoms with Crippen LogP contribution in [-0.4, -0.2) is 19.6 Å². The van der Waals surface area contributed by atoms with Gasteiger partial charge in [0.2, 0.25) is 0 Å². The second kappa shape index (κ2) is 6.39. The van der Waals surface area contributed by atoms with Crippen molar-refractivity contribution >= 4 is 5.69 Å². The van der Waals surface area contributed by atoms with Gasteiger partial charge in [0, 0.05) is 25.3 Å². The lowest BCUT2D eigenvalue weighted by Crippen LogP contribution is -2.25. The van der Waals surface area contributed by atoms with Gasteiger partial charge >= 0.3 is 0 Å². The average Bonchev–Trinajstić information content (AvgIpc) is 2.99. The van der Waals surface area contributed by atoms with E-state index in [1.54, 1.807) is 0 Å². The van der Waals surface area contributed by atoms with Gasteiger partial charge in [-0.2, -0.15) is 0 Å². The second-order valence-electron chi connectivity index (χ2n) is 7.51. The predicted molar refractivity (Wildman–Crippen MR) is 90.8 cm³/mol. The summed E-state index contributed by atoms with van der Waals surface area (Å²) in [4.78, 5) is 2.65. The smallest absolute Gasteiger partial charge is 0.0412 e. The van der Waals surface area contributed by atoms with E-state index in [1.165, 1.54) is 49.2 Å². The Labute approximate surface area is 129 Å². The van der Waals surface area contributed by atoms with E-state index in [1.807, 2.05) is 0 Å². The summed E-state index contributed by atoms with van der Waals surface area (Å²) in [6.45, 7) is 11.4. The van der Waals surface area contributed by atoms with Crippen molar-refractivity contribution in [3.05, 3.63) is 29.3 Å². The molecule has 21 heavy (non-hydrogen) atoms. The fraction of sp³-hybridized carbons (Fsp3) is 0.684. The summed E-state index contributed by atoms with van der Waals surface area (Å²) < 4.78 is 0. The third-order valence-corrected chi connectivity index (χ3v) is 5.17. The van der Waals surface area contributed by atoms with Crippen molar-refractivity contribution in [2.24, 2.45) is 17.8 Å². The van der Waals surface area contributed by atoms with Crippen molar-refractivity contribution in [3.8, 4) is 0 Å². The molecular weight excluding hydrogens is 256 g/mol. The normalized spacial score (nSPS) is 24.9. The Kier molecular flexibility index (Phi) is 4.54. The Morgan fingerprint density at radius 2 is 1.90 bits per heavy atom. The van der Waals surface area contributed by atoms with Crippen LogP contribution in [0.5, 0.6) is 0 Å². The minimum Gasteiger partial charge on any atom is -0.371 e. The zero-order valence-electron chi connectivity index (χ0n) is 13.9. The lowest BCUT2D eigenvalue weighted by Gasteiger charge is -2.24. The molecule has 0 bridgehead atoms. The molecule has 2 fully saturated rings.